The molecule has 1 aromatic carbocycles. The summed E-state index contributed by atoms with van der Waals surface area (Å²) in [6.45, 7) is -0.396. The van der Waals surface area contributed by atoms with E-state index in [1.165, 1.54) is 6.07 Å². The molecule has 1 heterocycles. The third-order valence-electron chi connectivity index (χ3n) is 2.16. The van der Waals surface area contributed by atoms with Crippen molar-refractivity contribution >= 4 is 11.6 Å². The van der Waals surface area contributed by atoms with E-state index < -0.39 is 18.5 Å². The molecule has 0 spiro atoms. The summed E-state index contributed by atoms with van der Waals surface area (Å²) in [4.78, 5) is 0. The third kappa shape index (κ3) is 1.62. The molecular weight excluding hydrogens is 225 g/mol. The monoisotopic (exact) mass is 233 g/mol. The molecule has 6 heteroatoms. The Morgan fingerprint density at radius 3 is 3.00 bits per heavy atom. The largest absolute Gasteiger partial charge is 0.454 e. The van der Waals surface area contributed by atoms with Crippen LogP contribution in [0.15, 0.2) is 6.07 Å². The van der Waals surface area contributed by atoms with Crippen molar-refractivity contribution in [2.24, 2.45) is 5.73 Å². The first-order chi connectivity index (χ1) is 7.15. The van der Waals surface area contributed by atoms with Crippen molar-refractivity contribution in [3.8, 4) is 11.5 Å². The predicted octanol–water partition coefficient (Wildman–Crippen LogP) is 1.20. The first-order valence-corrected chi connectivity index (χ1v) is 4.67. The van der Waals surface area contributed by atoms with E-state index in [2.05, 4.69) is 0 Å². The van der Waals surface area contributed by atoms with Crippen LogP contribution in [0, 0.1) is 5.82 Å². The van der Waals surface area contributed by atoms with Crippen LogP contribution in [0.5, 0.6) is 11.5 Å². The van der Waals surface area contributed by atoms with Gasteiger partial charge >= 0.3 is 0 Å². The van der Waals surface area contributed by atoms with Crippen LogP contribution in [-0.4, -0.2) is 18.5 Å². The SMILES string of the molecule is NC(CO)c1c(F)c(Cl)cc2c1OCO2. The molecule has 0 fully saturated rings. The van der Waals surface area contributed by atoms with Crippen LogP contribution in [-0.2, 0) is 0 Å². The number of hydrogen-bond donors (Lipinski definition) is 2. The zero-order chi connectivity index (χ0) is 11.0. The molecule has 1 aromatic rings. The molecule has 15 heavy (non-hydrogen) atoms. The van der Waals surface area contributed by atoms with E-state index in [4.69, 9.17) is 31.9 Å². The maximum Gasteiger partial charge on any atom is 0.231 e. The minimum atomic E-state index is -0.876. The molecule has 0 saturated heterocycles. The third-order valence-corrected chi connectivity index (χ3v) is 2.43. The molecule has 0 bridgehead atoms. The van der Waals surface area contributed by atoms with E-state index in [-0.39, 0.29) is 23.1 Å². The molecule has 0 saturated carbocycles. The number of nitrogens with two attached hydrogens (primary N) is 1. The van der Waals surface area contributed by atoms with Crippen LogP contribution in [0.2, 0.25) is 5.02 Å². The smallest absolute Gasteiger partial charge is 0.231 e. The van der Waals surface area contributed by atoms with Crippen molar-refractivity contribution in [2.45, 2.75) is 6.04 Å². The number of hydrogen-bond acceptors (Lipinski definition) is 4. The van der Waals surface area contributed by atoms with Gasteiger partial charge in [0.25, 0.3) is 0 Å². The quantitative estimate of drug-likeness (QED) is 0.806. The number of rotatable bonds is 2. The summed E-state index contributed by atoms with van der Waals surface area (Å²) in [7, 11) is 0. The molecule has 2 rings (SSSR count). The second kappa shape index (κ2) is 3.84. The maximum atomic E-state index is 13.6. The molecule has 1 unspecified atom stereocenters. The van der Waals surface area contributed by atoms with Gasteiger partial charge < -0.3 is 20.3 Å². The van der Waals surface area contributed by atoms with Crippen LogP contribution < -0.4 is 15.2 Å². The van der Waals surface area contributed by atoms with Crippen LogP contribution >= 0.6 is 11.6 Å². The Labute approximate surface area is 90.4 Å². The Hall–Kier alpha value is -1.04. The van der Waals surface area contributed by atoms with Gasteiger partial charge in [0.1, 0.15) is 0 Å². The topological polar surface area (TPSA) is 64.7 Å². The van der Waals surface area contributed by atoms with E-state index in [1.54, 1.807) is 0 Å². The molecule has 0 aromatic heterocycles. The van der Waals surface area contributed by atoms with E-state index in [0.29, 0.717) is 5.75 Å². The fourth-order valence-corrected chi connectivity index (χ4v) is 1.64. The summed E-state index contributed by atoms with van der Waals surface area (Å²) in [6, 6.07) is 0.450. The van der Waals surface area contributed by atoms with Gasteiger partial charge in [0, 0.05) is 6.07 Å². The van der Waals surface area contributed by atoms with Crippen LogP contribution in [0.4, 0.5) is 4.39 Å². The first-order valence-electron chi connectivity index (χ1n) is 4.29. The average molecular weight is 234 g/mol. The molecular formula is C9H9ClFNO3. The highest BCUT2D eigenvalue weighted by atomic mass is 35.5. The standard InChI is InChI=1S/C9H9ClFNO3/c10-4-1-6-9(15-3-14-6)7(8(4)11)5(12)2-13/h1,5,13H,2-3,12H2. The van der Waals surface area contributed by atoms with E-state index in [9.17, 15) is 4.39 Å². The second-order valence-electron chi connectivity index (χ2n) is 3.11. The minimum Gasteiger partial charge on any atom is -0.454 e. The van der Waals surface area contributed by atoms with Gasteiger partial charge in [-0.1, -0.05) is 11.6 Å². The fourth-order valence-electron chi connectivity index (χ4n) is 1.44. The highest BCUT2D eigenvalue weighted by Gasteiger charge is 2.27. The Morgan fingerprint density at radius 2 is 2.33 bits per heavy atom. The number of ether oxygens (including phenoxy) is 2. The van der Waals surface area contributed by atoms with Crippen LogP contribution in [0.25, 0.3) is 0 Å². The van der Waals surface area contributed by atoms with Gasteiger partial charge in [-0.15, -0.1) is 0 Å². The Balaban J connectivity index is 2.60. The lowest BCUT2D eigenvalue weighted by atomic mass is 10.1. The predicted molar refractivity (Wildman–Crippen MR) is 51.5 cm³/mol. The van der Waals surface area contributed by atoms with Gasteiger partial charge in [0.15, 0.2) is 17.3 Å². The molecule has 3 N–H and O–H groups in total. The van der Waals surface area contributed by atoms with Gasteiger partial charge in [-0.05, 0) is 0 Å². The summed E-state index contributed by atoms with van der Waals surface area (Å²) in [5, 5.41) is 8.80. The molecule has 0 amide bonds. The number of halogens is 2. The Bertz CT molecular complexity index is 399. The molecule has 0 aliphatic carbocycles. The molecule has 1 aliphatic rings. The van der Waals surface area contributed by atoms with E-state index >= 15 is 0 Å². The number of aliphatic hydroxyl groups excluding tert-OH is 1. The van der Waals surface area contributed by atoms with Crippen molar-refractivity contribution in [3.63, 3.8) is 0 Å². The lowest BCUT2D eigenvalue weighted by Gasteiger charge is -2.13. The Kier molecular flexibility index (Phi) is 2.68. The molecule has 0 radical (unpaired) electrons. The average Bonchev–Trinajstić information content (AvgIpc) is 2.66. The van der Waals surface area contributed by atoms with Gasteiger partial charge in [0.2, 0.25) is 6.79 Å². The van der Waals surface area contributed by atoms with Crippen LogP contribution in [0.1, 0.15) is 11.6 Å². The Morgan fingerprint density at radius 1 is 1.60 bits per heavy atom. The van der Waals surface area contributed by atoms with Crippen molar-refractivity contribution in [1.82, 2.24) is 0 Å². The molecule has 1 atom stereocenters. The van der Waals surface area contributed by atoms with Gasteiger partial charge in [-0.3, -0.25) is 0 Å². The highest BCUT2D eigenvalue weighted by molar-refractivity contribution is 6.31. The van der Waals surface area contributed by atoms with Crippen molar-refractivity contribution in [3.05, 3.63) is 22.5 Å². The normalized spacial score (nSPS) is 15.5. The van der Waals surface area contributed by atoms with Gasteiger partial charge in [-0.25, -0.2) is 4.39 Å². The van der Waals surface area contributed by atoms with Crippen molar-refractivity contribution in [1.29, 1.82) is 0 Å². The maximum absolute atomic E-state index is 13.6. The van der Waals surface area contributed by atoms with Gasteiger partial charge in [-0.2, -0.15) is 0 Å². The molecule has 4 nitrogen and oxygen atoms in total. The summed E-state index contributed by atoms with van der Waals surface area (Å²) >= 11 is 5.65. The first kappa shape index (κ1) is 10.5. The van der Waals surface area contributed by atoms with Gasteiger partial charge in [0.05, 0.1) is 23.2 Å². The molecule has 82 valence electrons. The van der Waals surface area contributed by atoms with Crippen LogP contribution in [0.3, 0.4) is 0 Å². The zero-order valence-electron chi connectivity index (χ0n) is 7.67. The number of aliphatic hydroxyl groups is 1. The van der Waals surface area contributed by atoms with E-state index in [1.807, 2.05) is 0 Å². The van der Waals surface area contributed by atoms with E-state index in [0.717, 1.165) is 0 Å². The second-order valence-corrected chi connectivity index (χ2v) is 3.52. The summed E-state index contributed by atoms with van der Waals surface area (Å²) < 4.78 is 23.8. The summed E-state index contributed by atoms with van der Waals surface area (Å²) in [5.41, 5.74) is 5.61. The summed E-state index contributed by atoms with van der Waals surface area (Å²) in [5.74, 6) is -0.110. The number of benzene rings is 1. The fraction of sp³-hybridized carbons (Fsp3) is 0.333. The molecule has 1 aliphatic heterocycles. The number of fused-ring (bicyclic) bond motifs is 1. The minimum absolute atomic E-state index is 0.000262. The lowest BCUT2D eigenvalue weighted by molar-refractivity contribution is 0.171. The zero-order valence-corrected chi connectivity index (χ0v) is 8.42. The lowest BCUT2D eigenvalue weighted by Crippen LogP contribution is -2.17. The highest BCUT2D eigenvalue weighted by Crippen LogP contribution is 2.42. The summed E-state index contributed by atoms with van der Waals surface area (Å²) in [6.07, 6.45) is 0. The van der Waals surface area contributed by atoms with Crippen molar-refractivity contribution < 1.29 is 19.0 Å². The van der Waals surface area contributed by atoms with Crippen molar-refractivity contribution in [2.75, 3.05) is 13.4 Å².